The average Bonchev–Trinajstić information content (AvgIpc) is 2.69. The van der Waals surface area contributed by atoms with Gasteiger partial charge in [-0.2, -0.15) is 0 Å². The molecule has 8 heteroatoms. The Kier molecular flexibility index (Phi) is 5.91. The molecule has 1 amide bonds. The van der Waals surface area contributed by atoms with Crippen LogP contribution in [0.3, 0.4) is 0 Å². The van der Waals surface area contributed by atoms with Gasteiger partial charge in [0.2, 0.25) is 0 Å². The van der Waals surface area contributed by atoms with E-state index in [-0.39, 0.29) is 34.9 Å². The molecule has 0 fully saturated rings. The van der Waals surface area contributed by atoms with Gasteiger partial charge in [-0.15, -0.1) is 0 Å². The van der Waals surface area contributed by atoms with Crippen LogP contribution in [0.25, 0.3) is 0 Å². The van der Waals surface area contributed by atoms with Crippen LogP contribution in [-0.4, -0.2) is 35.5 Å². The van der Waals surface area contributed by atoms with Crippen LogP contribution in [0.15, 0.2) is 53.8 Å². The molecule has 1 aliphatic rings. The van der Waals surface area contributed by atoms with Crippen molar-refractivity contribution in [3.05, 3.63) is 80.8 Å². The van der Waals surface area contributed by atoms with Gasteiger partial charge in [0.15, 0.2) is 0 Å². The Hall–Kier alpha value is -2.57. The second-order valence-corrected chi connectivity index (χ2v) is 7.06. The number of nitrogens with zero attached hydrogens (tertiary/aromatic N) is 1. The third-order valence-corrected chi connectivity index (χ3v) is 5.30. The third-order valence-electron chi connectivity index (χ3n) is 4.56. The molecule has 5 nitrogen and oxygen atoms in total. The number of aliphatic hydroxyl groups is 1. The zero-order valence-corrected chi connectivity index (χ0v) is 16.3. The van der Waals surface area contributed by atoms with E-state index in [1.165, 1.54) is 54.5 Å². The van der Waals surface area contributed by atoms with E-state index in [1.54, 1.807) is 0 Å². The van der Waals surface area contributed by atoms with Gasteiger partial charge in [0.05, 0.1) is 35.3 Å². The molecule has 1 unspecified atom stereocenters. The molecule has 1 aliphatic heterocycles. The van der Waals surface area contributed by atoms with Gasteiger partial charge in [-0.1, -0.05) is 35.3 Å². The van der Waals surface area contributed by atoms with Crippen LogP contribution >= 0.6 is 23.2 Å². The smallest absolute Gasteiger partial charge is 0.337 e. The summed E-state index contributed by atoms with van der Waals surface area (Å²) in [6.07, 6.45) is 0.0250. The number of carbonyl (C=O) groups excluding carboxylic acids is 2. The van der Waals surface area contributed by atoms with E-state index in [4.69, 9.17) is 27.9 Å². The van der Waals surface area contributed by atoms with Gasteiger partial charge >= 0.3 is 5.97 Å². The van der Waals surface area contributed by atoms with Gasteiger partial charge in [0, 0.05) is 12.0 Å². The zero-order chi connectivity index (χ0) is 20.4. The minimum Gasteiger partial charge on any atom is -0.510 e. The lowest BCUT2D eigenvalue weighted by Gasteiger charge is -2.36. The first kappa shape index (κ1) is 20.2. The SMILES string of the molecule is COC(=O)C1=C(O)CN(C(=O)c2ccc(Cl)c(Cl)c2)C(c2ccc(F)cc2)C1. The van der Waals surface area contributed by atoms with Crippen molar-refractivity contribution in [2.75, 3.05) is 13.7 Å². The van der Waals surface area contributed by atoms with Gasteiger partial charge in [-0.25, -0.2) is 9.18 Å². The highest BCUT2D eigenvalue weighted by Gasteiger charge is 2.35. The van der Waals surface area contributed by atoms with Gasteiger partial charge in [-0.3, -0.25) is 4.79 Å². The fraction of sp³-hybridized carbons (Fsp3) is 0.200. The first-order valence-corrected chi connectivity index (χ1v) is 9.08. The maximum atomic E-state index is 13.3. The quantitative estimate of drug-likeness (QED) is 0.726. The molecular formula is C20H16Cl2FNO4. The molecule has 0 aliphatic carbocycles. The molecule has 1 N–H and O–H groups in total. The third kappa shape index (κ3) is 3.98. The highest BCUT2D eigenvalue weighted by atomic mass is 35.5. The number of halogens is 3. The van der Waals surface area contributed by atoms with E-state index >= 15 is 0 Å². The second kappa shape index (κ2) is 8.20. The van der Waals surface area contributed by atoms with E-state index in [0.29, 0.717) is 10.6 Å². The Labute approximate surface area is 170 Å². The molecule has 28 heavy (non-hydrogen) atoms. The summed E-state index contributed by atoms with van der Waals surface area (Å²) < 4.78 is 18.1. The molecule has 0 aromatic heterocycles. The fourth-order valence-electron chi connectivity index (χ4n) is 3.10. The lowest BCUT2D eigenvalue weighted by molar-refractivity contribution is -0.136. The van der Waals surface area contributed by atoms with Crippen molar-refractivity contribution in [2.24, 2.45) is 0 Å². The maximum absolute atomic E-state index is 13.3. The number of aliphatic hydroxyl groups excluding tert-OH is 1. The molecule has 0 radical (unpaired) electrons. The minimum absolute atomic E-state index is 0.0250. The standard InChI is InChI=1S/C20H16Cl2FNO4/c1-28-20(27)14-9-17(11-2-5-13(23)6-3-11)24(10-18(14)25)19(26)12-4-7-15(21)16(22)8-12/h2-8,17,25H,9-10H2,1H3. The summed E-state index contributed by atoms with van der Waals surface area (Å²) in [6, 6.07) is 9.47. The van der Waals surface area contributed by atoms with Crippen LogP contribution in [0.1, 0.15) is 28.4 Å². The summed E-state index contributed by atoms with van der Waals surface area (Å²) in [5.41, 5.74) is 0.967. The molecule has 1 heterocycles. The van der Waals surface area contributed by atoms with Crippen molar-refractivity contribution >= 4 is 35.1 Å². The first-order valence-electron chi connectivity index (χ1n) is 8.32. The number of hydrogen-bond donors (Lipinski definition) is 1. The zero-order valence-electron chi connectivity index (χ0n) is 14.8. The Morgan fingerprint density at radius 1 is 1.14 bits per heavy atom. The Morgan fingerprint density at radius 2 is 1.82 bits per heavy atom. The van der Waals surface area contributed by atoms with Crippen molar-refractivity contribution in [1.29, 1.82) is 0 Å². The first-order chi connectivity index (χ1) is 13.3. The molecule has 0 saturated carbocycles. The van der Waals surface area contributed by atoms with E-state index in [1.807, 2.05) is 0 Å². The van der Waals surface area contributed by atoms with Crippen LogP contribution in [0.5, 0.6) is 0 Å². The Morgan fingerprint density at radius 3 is 2.43 bits per heavy atom. The summed E-state index contributed by atoms with van der Waals surface area (Å²) in [4.78, 5) is 26.5. The van der Waals surface area contributed by atoms with Crippen molar-refractivity contribution < 1.29 is 23.8 Å². The van der Waals surface area contributed by atoms with Crippen LogP contribution < -0.4 is 0 Å². The van der Waals surface area contributed by atoms with E-state index in [9.17, 15) is 19.1 Å². The normalized spacial score (nSPS) is 16.9. The van der Waals surface area contributed by atoms with E-state index < -0.39 is 23.7 Å². The molecule has 3 rings (SSSR count). The number of hydrogen-bond acceptors (Lipinski definition) is 4. The molecule has 146 valence electrons. The van der Waals surface area contributed by atoms with Crippen molar-refractivity contribution in [2.45, 2.75) is 12.5 Å². The molecule has 2 aromatic rings. The summed E-state index contributed by atoms with van der Waals surface area (Å²) in [5, 5.41) is 10.9. The summed E-state index contributed by atoms with van der Waals surface area (Å²) in [6.45, 7) is -0.203. The van der Waals surface area contributed by atoms with Gasteiger partial charge < -0.3 is 14.7 Å². The number of rotatable bonds is 3. The number of benzene rings is 2. The summed E-state index contributed by atoms with van der Waals surface area (Å²) in [5.74, 6) is -1.76. The number of amides is 1. The van der Waals surface area contributed by atoms with Crippen LogP contribution in [-0.2, 0) is 9.53 Å². The topological polar surface area (TPSA) is 66.8 Å². The van der Waals surface area contributed by atoms with Crippen LogP contribution in [0.2, 0.25) is 10.0 Å². The molecule has 0 bridgehead atoms. The van der Waals surface area contributed by atoms with Crippen molar-refractivity contribution in [3.8, 4) is 0 Å². The summed E-state index contributed by atoms with van der Waals surface area (Å²) in [7, 11) is 1.21. The number of carbonyl (C=O) groups is 2. The molecule has 0 spiro atoms. The number of esters is 1. The highest BCUT2D eigenvalue weighted by Crippen LogP contribution is 2.36. The predicted molar refractivity (Wildman–Crippen MR) is 103 cm³/mol. The van der Waals surface area contributed by atoms with Gasteiger partial charge in [0.25, 0.3) is 5.91 Å². The minimum atomic E-state index is -0.675. The van der Waals surface area contributed by atoms with E-state index in [0.717, 1.165) is 0 Å². The molecule has 1 atom stereocenters. The Balaban J connectivity index is 2.03. The second-order valence-electron chi connectivity index (χ2n) is 6.25. The number of methoxy groups -OCH3 is 1. The molecule has 0 saturated heterocycles. The van der Waals surface area contributed by atoms with Crippen LogP contribution in [0.4, 0.5) is 4.39 Å². The Bertz CT molecular complexity index is 959. The van der Waals surface area contributed by atoms with Gasteiger partial charge in [-0.05, 0) is 35.9 Å². The number of ether oxygens (including phenoxy) is 1. The lowest BCUT2D eigenvalue weighted by Crippen LogP contribution is -2.41. The van der Waals surface area contributed by atoms with Crippen molar-refractivity contribution in [3.63, 3.8) is 0 Å². The molecule has 2 aromatic carbocycles. The largest absolute Gasteiger partial charge is 0.510 e. The fourth-order valence-corrected chi connectivity index (χ4v) is 3.40. The van der Waals surface area contributed by atoms with Crippen LogP contribution in [0, 0.1) is 5.82 Å². The summed E-state index contributed by atoms with van der Waals surface area (Å²) >= 11 is 11.9. The van der Waals surface area contributed by atoms with Crippen molar-refractivity contribution in [1.82, 2.24) is 4.90 Å². The average molecular weight is 424 g/mol. The highest BCUT2D eigenvalue weighted by molar-refractivity contribution is 6.42. The van der Waals surface area contributed by atoms with E-state index in [2.05, 4.69) is 0 Å². The maximum Gasteiger partial charge on any atom is 0.337 e. The molecular weight excluding hydrogens is 408 g/mol. The lowest BCUT2D eigenvalue weighted by atomic mass is 9.92. The monoisotopic (exact) mass is 423 g/mol. The van der Waals surface area contributed by atoms with Gasteiger partial charge in [0.1, 0.15) is 11.6 Å². The predicted octanol–water partition coefficient (Wildman–Crippen LogP) is 4.70.